The highest BCUT2D eigenvalue weighted by molar-refractivity contribution is 5.93. The molecule has 1 fully saturated rings. The van der Waals surface area contributed by atoms with Gasteiger partial charge in [0.15, 0.2) is 24.5 Å². The van der Waals surface area contributed by atoms with Crippen molar-refractivity contribution in [3.05, 3.63) is 47.7 Å². The fraction of sp³-hybridized carbons (Fsp3) is 0.353. The van der Waals surface area contributed by atoms with Gasteiger partial charge in [0.2, 0.25) is 0 Å². The Balaban J connectivity index is 1.60. The van der Waals surface area contributed by atoms with Gasteiger partial charge in [-0.3, -0.25) is 4.79 Å². The van der Waals surface area contributed by atoms with Crippen LogP contribution in [-0.2, 0) is 16.1 Å². The van der Waals surface area contributed by atoms with E-state index >= 15 is 0 Å². The third-order valence-electron chi connectivity index (χ3n) is 3.75. The van der Waals surface area contributed by atoms with E-state index in [2.05, 4.69) is 10.3 Å². The van der Waals surface area contributed by atoms with Crippen molar-refractivity contribution in [2.75, 3.05) is 13.2 Å². The number of amides is 1. The Morgan fingerprint density at radius 3 is 3.04 bits per heavy atom. The van der Waals surface area contributed by atoms with E-state index in [1.807, 2.05) is 0 Å². The molecule has 3 rings (SSSR count). The zero-order chi connectivity index (χ0) is 17.6. The maximum absolute atomic E-state index is 12.4. The number of aliphatic carboxylic acids is 1. The van der Waals surface area contributed by atoms with Crippen LogP contribution in [0.5, 0.6) is 5.75 Å². The first-order chi connectivity index (χ1) is 12.1. The highest BCUT2D eigenvalue weighted by Gasteiger charge is 2.27. The van der Waals surface area contributed by atoms with Crippen LogP contribution >= 0.6 is 0 Å². The Morgan fingerprint density at radius 2 is 2.28 bits per heavy atom. The highest BCUT2D eigenvalue weighted by atomic mass is 16.5. The molecular weight excluding hydrogens is 328 g/mol. The molecule has 1 aromatic carbocycles. The number of aromatic nitrogens is 1. The van der Waals surface area contributed by atoms with Crippen molar-refractivity contribution in [2.24, 2.45) is 0 Å². The molecule has 132 valence electrons. The molecule has 8 heteroatoms. The molecule has 0 bridgehead atoms. The minimum Gasteiger partial charge on any atom is -0.482 e. The number of hydrogen-bond donors (Lipinski definition) is 2. The van der Waals surface area contributed by atoms with Gasteiger partial charge in [-0.15, -0.1) is 0 Å². The van der Waals surface area contributed by atoms with Gasteiger partial charge in [0, 0.05) is 13.2 Å². The Bertz CT molecular complexity index is 751. The molecule has 0 radical (unpaired) electrons. The molecule has 1 aliphatic rings. The van der Waals surface area contributed by atoms with Crippen LogP contribution in [0.25, 0.3) is 0 Å². The first-order valence-electron chi connectivity index (χ1n) is 7.90. The molecule has 0 saturated carbocycles. The molecule has 8 nitrogen and oxygen atoms in total. The van der Waals surface area contributed by atoms with Crippen LogP contribution in [0.1, 0.15) is 40.8 Å². The zero-order valence-electron chi connectivity index (χ0n) is 13.4. The molecule has 2 aromatic rings. The summed E-state index contributed by atoms with van der Waals surface area (Å²) in [6.45, 7) is 0.482. The second-order valence-electron chi connectivity index (χ2n) is 5.58. The number of hydrogen-bond acceptors (Lipinski definition) is 6. The summed E-state index contributed by atoms with van der Waals surface area (Å²) in [6.07, 6.45) is 2.75. The summed E-state index contributed by atoms with van der Waals surface area (Å²) in [6, 6.07) is 6.86. The average molecular weight is 346 g/mol. The van der Waals surface area contributed by atoms with Crippen LogP contribution in [-0.4, -0.2) is 35.2 Å². The molecule has 1 aliphatic heterocycles. The number of carbonyl (C=O) groups excluding carboxylic acids is 1. The summed E-state index contributed by atoms with van der Waals surface area (Å²) >= 11 is 0. The minimum absolute atomic E-state index is 0.226. The SMILES string of the molecule is O=C(O)COc1cccc(CNC(=O)c2ncoc2[C@H]2CCCO2)c1. The predicted octanol–water partition coefficient (Wildman–Crippen LogP) is 1.92. The molecule has 2 N–H and O–H groups in total. The Labute approximate surface area is 143 Å². The second kappa shape index (κ2) is 7.80. The van der Waals surface area contributed by atoms with E-state index in [-0.39, 0.29) is 24.2 Å². The lowest BCUT2D eigenvalue weighted by atomic mass is 10.1. The minimum atomic E-state index is -1.05. The van der Waals surface area contributed by atoms with Crippen molar-refractivity contribution in [3.8, 4) is 5.75 Å². The van der Waals surface area contributed by atoms with Crippen LogP contribution in [0.15, 0.2) is 35.1 Å². The van der Waals surface area contributed by atoms with Gasteiger partial charge in [-0.1, -0.05) is 12.1 Å². The van der Waals surface area contributed by atoms with Gasteiger partial charge in [-0.05, 0) is 30.5 Å². The van der Waals surface area contributed by atoms with Crippen molar-refractivity contribution in [1.82, 2.24) is 10.3 Å². The molecule has 1 atom stereocenters. The van der Waals surface area contributed by atoms with Gasteiger partial charge < -0.3 is 24.3 Å². The van der Waals surface area contributed by atoms with E-state index in [0.717, 1.165) is 18.4 Å². The van der Waals surface area contributed by atoms with Gasteiger partial charge in [0.05, 0.1) is 0 Å². The largest absolute Gasteiger partial charge is 0.482 e. The van der Waals surface area contributed by atoms with E-state index in [0.29, 0.717) is 18.1 Å². The summed E-state index contributed by atoms with van der Waals surface area (Å²) in [4.78, 5) is 26.9. The number of carboxylic acid groups (broad SMARTS) is 1. The van der Waals surface area contributed by atoms with Crippen molar-refractivity contribution in [2.45, 2.75) is 25.5 Å². The van der Waals surface area contributed by atoms with Crippen molar-refractivity contribution in [1.29, 1.82) is 0 Å². The van der Waals surface area contributed by atoms with Gasteiger partial charge in [0.1, 0.15) is 11.9 Å². The van der Waals surface area contributed by atoms with E-state index in [1.54, 1.807) is 24.3 Å². The summed E-state index contributed by atoms with van der Waals surface area (Å²) in [5.41, 5.74) is 1.00. The monoisotopic (exact) mass is 346 g/mol. The van der Waals surface area contributed by atoms with Crippen LogP contribution in [0.3, 0.4) is 0 Å². The predicted molar refractivity (Wildman–Crippen MR) is 85.2 cm³/mol. The first-order valence-corrected chi connectivity index (χ1v) is 7.90. The topological polar surface area (TPSA) is 111 Å². The van der Waals surface area contributed by atoms with Gasteiger partial charge >= 0.3 is 5.97 Å². The van der Waals surface area contributed by atoms with Crippen molar-refractivity contribution < 1.29 is 28.6 Å². The van der Waals surface area contributed by atoms with Crippen molar-refractivity contribution in [3.63, 3.8) is 0 Å². The lowest BCUT2D eigenvalue weighted by molar-refractivity contribution is -0.139. The summed E-state index contributed by atoms with van der Waals surface area (Å²) in [7, 11) is 0. The molecule has 25 heavy (non-hydrogen) atoms. The molecule has 1 saturated heterocycles. The van der Waals surface area contributed by atoms with E-state index in [1.165, 1.54) is 6.39 Å². The van der Waals surface area contributed by atoms with Gasteiger partial charge in [-0.2, -0.15) is 0 Å². The first kappa shape index (κ1) is 17.0. The maximum Gasteiger partial charge on any atom is 0.341 e. The molecule has 0 aliphatic carbocycles. The molecular formula is C17H18N2O6. The third kappa shape index (κ3) is 4.36. The third-order valence-corrected chi connectivity index (χ3v) is 3.75. The number of carbonyl (C=O) groups is 2. The van der Waals surface area contributed by atoms with Gasteiger partial charge in [0.25, 0.3) is 5.91 Å². The van der Waals surface area contributed by atoms with Crippen LogP contribution < -0.4 is 10.1 Å². The molecule has 1 amide bonds. The Hall–Kier alpha value is -2.87. The van der Waals surface area contributed by atoms with Crippen LogP contribution in [0, 0.1) is 0 Å². The van der Waals surface area contributed by atoms with E-state index < -0.39 is 12.6 Å². The number of rotatable bonds is 7. The molecule has 1 aromatic heterocycles. The highest BCUT2D eigenvalue weighted by Crippen LogP contribution is 2.30. The number of oxazole rings is 1. The Morgan fingerprint density at radius 1 is 1.40 bits per heavy atom. The zero-order valence-corrected chi connectivity index (χ0v) is 13.4. The molecule has 2 heterocycles. The van der Waals surface area contributed by atoms with E-state index in [4.69, 9.17) is 19.0 Å². The number of nitrogens with one attached hydrogen (secondary N) is 1. The molecule has 0 unspecified atom stereocenters. The Kier molecular flexibility index (Phi) is 5.30. The summed E-state index contributed by atoms with van der Waals surface area (Å²) in [5.74, 6) is -0.522. The lowest BCUT2D eigenvalue weighted by Crippen LogP contribution is -2.24. The van der Waals surface area contributed by atoms with Crippen molar-refractivity contribution >= 4 is 11.9 Å². The number of nitrogens with zero attached hydrogens (tertiary/aromatic N) is 1. The van der Waals surface area contributed by atoms with Crippen LogP contribution in [0.4, 0.5) is 0 Å². The maximum atomic E-state index is 12.4. The number of carboxylic acids is 1. The number of ether oxygens (including phenoxy) is 2. The summed E-state index contributed by atoms with van der Waals surface area (Å²) in [5, 5.41) is 11.4. The standard InChI is InChI=1S/C17H18N2O6/c20-14(21)9-24-12-4-1-3-11(7-12)8-18-17(22)15-16(25-10-19-15)13-5-2-6-23-13/h1,3-4,7,10,13H,2,5-6,8-9H2,(H,18,22)(H,20,21)/t13-/m1/s1. The van der Waals surface area contributed by atoms with E-state index in [9.17, 15) is 9.59 Å². The normalized spacial score (nSPS) is 16.6. The quantitative estimate of drug-likeness (QED) is 0.788. The lowest BCUT2D eigenvalue weighted by Gasteiger charge is -2.09. The van der Waals surface area contributed by atoms with Gasteiger partial charge in [-0.25, -0.2) is 9.78 Å². The smallest absolute Gasteiger partial charge is 0.341 e. The fourth-order valence-corrected chi connectivity index (χ4v) is 2.59. The fourth-order valence-electron chi connectivity index (χ4n) is 2.59. The van der Waals surface area contributed by atoms with Crippen LogP contribution in [0.2, 0.25) is 0 Å². The second-order valence-corrected chi connectivity index (χ2v) is 5.58. The molecule has 0 spiro atoms. The summed E-state index contributed by atoms with van der Waals surface area (Å²) < 4.78 is 16.0. The average Bonchev–Trinajstić information content (AvgIpc) is 3.29. The number of benzene rings is 1.